The highest BCUT2D eigenvalue weighted by Crippen LogP contribution is 2.30. The highest BCUT2D eigenvalue weighted by molar-refractivity contribution is 8.00. The molecule has 2 nitrogen and oxygen atoms in total. The van der Waals surface area contributed by atoms with E-state index < -0.39 is 0 Å². The molecule has 0 amide bonds. The fourth-order valence-corrected chi connectivity index (χ4v) is 2.41. The van der Waals surface area contributed by atoms with Crippen molar-refractivity contribution in [2.24, 2.45) is 5.73 Å². The molecule has 1 unspecified atom stereocenters. The van der Waals surface area contributed by atoms with Crippen LogP contribution in [0.4, 0.5) is 0 Å². The monoisotopic (exact) mass is 231 g/mol. The summed E-state index contributed by atoms with van der Waals surface area (Å²) in [4.78, 5) is 1.06. The summed E-state index contributed by atoms with van der Waals surface area (Å²) < 4.78 is 0. The molecule has 0 aliphatic heterocycles. The number of hydrogen-bond donors (Lipinski definition) is 2. The summed E-state index contributed by atoms with van der Waals surface area (Å²) in [5, 5.41) is 9.81. The zero-order valence-corrected chi connectivity index (χ0v) is 9.61. The summed E-state index contributed by atoms with van der Waals surface area (Å²) in [5.74, 6) is 0. The summed E-state index contributed by atoms with van der Waals surface area (Å²) in [6.07, 6.45) is 0. The van der Waals surface area contributed by atoms with Gasteiger partial charge in [0, 0.05) is 21.7 Å². The number of aliphatic hydroxyl groups is 1. The second-order valence-corrected chi connectivity index (χ2v) is 4.92. The van der Waals surface area contributed by atoms with E-state index in [1.807, 2.05) is 25.1 Å². The van der Waals surface area contributed by atoms with Crippen LogP contribution in [-0.4, -0.2) is 17.0 Å². The van der Waals surface area contributed by atoms with Crippen molar-refractivity contribution in [1.82, 2.24) is 0 Å². The van der Waals surface area contributed by atoms with Crippen molar-refractivity contribution in [2.75, 3.05) is 6.61 Å². The minimum Gasteiger partial charge on any atom is -0.395 e. The van der Waals surface area contributed by atoms with E-state index in [0.717, 1.165) is 10.5 Å². The number of hydrogen-bond acceptors (Lipinski definition) is 3. The first-order valence-electron chi connectivity index (χ1n) is 4.44. The van der Waals surface area contributed by atoms with Gasteiger partial charge in [0.25, 0.3) is 0 Å². The first-order valence-corrected chi connectivity index (χ1v) is 5.69. The van der Waals surface area contributed by atoms with Crippen LogP contribution < -0.4 is 5.73 Å². The Balaban J connectivity index is 2.90. The molecule has 0 aliphatic rings. The third kappa shape index (κ3) is 2.89. The number of halogens is 1. The molecule has 0 aliphatic carbocycles. The van der Waals surface area contributed by atoms with Gasteiger partial charge in [-0.25, -0.2) is 0 Å². The van der Waals surface area contributed by atoms with Gasteiger partial charge in [0.2, 0.25) is 0 Å². The van der Waals surface area contributed by atoms with Crippen molar-refractivity contribution < 1.29 is 5.11 Å². The predicted molar refractivity (Wildman–Crippen MR) is 61.7 cm³/mol. The van der Waals surface area contributed by atoms with Crippen molar-refractivity contribution in [3.8, 4) is 0 Å². The highest BCUT2D eigenvalue weighted by atomic mass is 35.5. The molecule has 78 valence electrons. The zero-order valence-electron chi connectivity index (χ0n) is 8.03. The molecule has 1 atom stereocenters. The van der Waals surface area contributed by atoms with Crippen LogP contribution in [0, 0.1) is 0 Å². The summed E-state index contributed by atoms with van der Waals surface area (Å²) in [7, 11) is 0. The molecule has 0 bridgehead atoms. The minimum atomic E-state index is 0.154. The molecule has 0 aromatic heterocycles. The maximum absolute atomic E-state index is 8.94. The van der Waals surface area contributed by atoms with E-state index in [9.17, 15) is 0 Å². The van der Waals surface area contributed by atoms with Crippen LogP contribution in [-0.2, 0) is 6.54 Å². The number of benzene rings is 1. The molecule has 14 heavy (non-hydrogen) atoms. The quantitative estimate of drug-likeness (QED) is 0.782. The molecule has 0 saturated carbocycles. The average molecular weight is 232 g/mol. The second-order valence-electron chi connectivity index (χ2n) is 3.03. The Morgan fingerprint density at radius 1 is 1.57 bits per heavy atom. The predicted octanol–water partition coefficient (Wildman–Crippen LogP) is 2.27. The van der Waals surface area contributed by atoms with Crippen LogP contribution in [0.15, 0.2) is 23.1 Å². The maximum Gasteiger partial charge on any atom is 0.0550 e. The Morgan fingerprint density at radius 3 is 2.86 bits per heavy atom. The van der Waals surface area contributed by atoms with Crippen molar-refractivity contribution in [1.29, 1.82) is 0 Å². The molecule has 0 radical (unpaired) electrons. The first-order chi connectivity index (χ1) is 6.69. The van der Waals surface area contributed by atoms with Gasteiger partial charge in [0.15, 0.2) is 0 Å². The number of rotatable bonds is 4. The fraction of sp³-hybridized carbons (Fsp3) is 0.400. The smallest absolute Gasteiger partial charge is 0.0550 e. The lowest BCUT2D eigenvalue weighted by molar-refractivity contribution is 0.300. The van der Waals surface area contributed by atoms with Gasteiger partial charge >= 0.3 is 0 Å². The summed E-state index contributed by atoms with van der Waals surface area (Å²) >= 11 is 7.59. The Hall–Kier alpha value is -0.220. The highest BCUT2D eigenvalue weighted by Gasteiger charge is 2.09. The molecule has 0 saturated heterocycles. The molecule has 4 heteroatoms. The fourth-order valence-electron chi connectivity index (χ4n) is 1.10. The SMILES string of the molecule is CC(CO)Sc1cccc(Cl)c1CN. The molecule has 1 aromatic carbocycles. The van der Waals surface area contributed by atoms with Gasteiger partial charge in [-0.1, -0.05) is 24.6 Å². The van der Waals surface area contributed by atoms with Gasteiger partial charge in [-0.15, -0.1) is 11.8 Å². The van der Waals surface area contributed by atoms with Crippen molar-refractivity contribution in [3.63, 3.8) is 0 Å². The molecule has 0 heterocycles. The third-order valence-corrected chi connectivity index (χ3v) is 3.41. The lowest BCUT2D eigenvalue weighted by Gasteiger charge is -2.12. The van der Waals surface area contributed by atoms with Crippen LogP contribution in [0.3, 0.4) is 0 Å². The largest absolute Gasteiger partial charge is 0.395 e. The van der Waals surface area contributed by atoms with E-state index in [4.69, 9.17) is 22.4 Å². The van der Waals surface area contributed by atoms with E-state index >= 15 is 0 Å². The topological polar surface area (TPSA) is 46.2 Å². The van der Waals surface area contributed by atoms with E-state index in [0.29, 0.717) is 11.6 Å². The Morgan fingerprint density at radius 2 is 2.29 bits per heavy atom. The Kier molecular flexibility index (Phi) is 4.75. The maximum atomic E-state index is 8.94. The van der Waals surface area contributed by atoms with E-state index in [-0.39, 0.29) is 11.9 Å². The van der Waals surface area contributed by atoms with E-state index in [1.54, 1.807) is 11.8 Å². The number of thioether (sulfide) groups is 1. The summed E-state index contributed by atoms with van der Waals surface area (Å²) in [6.45, 7) is 2.55. The molecule has 0 fully saturated rings. The van der Waals surface area contributed by atoms with Crippen molar-refractivity contribution >= 4 is 23.4 Å². The minimum absolute atomic E-state index is 0.154. The van der Waals surface area contributed by atoms with Gasteiger partial charge < -0.3 is 10.8 Å². The number of nitrogens with two attached hydrogens (primary N) is 1. The van der Waals surface area contributed by atoms with Crippen LogP contribution >= 0.6 is 23.4 Å². The summed E-state index contributed by atoms with van der Waals surface area (Å²) in [6, 6.07) is 5.70. The van der Waals surface area contributed by atoms with Crippen LogP contribution in [0.25, 0.3) is 0 Å². The van der Waals surface area contributed by atoms with Gasteiger partial charge in [-0.2, -0.15) is 0 Å². The number of aliphatic hydroxyl groups excluding tert-OH is 1. The lowest BCUT2D eigenvalue weighted by atomic mass is 10.2. The summed E-state index contributed by atoms with van der Waals surface area (Å²) in [5.41, 5.74) is 6.57. The molecule has 1 aromatic rings. The van der Waals surface area contributed by atoms with E-state index in [1.165, 1.54) is 0 Å². The van der Waals surface area contributed by atoms with Crippen LogP contribution in [0.2, 0.25) is 5.02 Å². The third-order valence-electron chi connectivity index (χ3n) is 1.87. The lowest BCUT2D eigenvalue weighted by Crippen LogP contribution is -2.05. The van der Waals surface area contributed by atoms with Gasteiger partial charge in [-0.05, 0) is 17.7 Å². The molecule has 0 spiro atoms. The Labute approximate surface area is 93.5 Å². The Bertz CT molecular complexity index is 306. The normalized spacial score (nSPS) is 12.9. The zero-order chi connectivity index (χ0) is 10.6. The van der Waals surface area contributed by atoms with Crippen molar-refractivity contribution in [3.05, 3.63) is 28.8 Å². The second kappa shape index (κ2) is 5.61. The average Bonchev–Trinajstić information content (AvgIpc) is 2.18. The molecular formula is C10H14ClNOS. The van der Waals surface area contributed by atoms with Crippen LogP contribution in [0.1, 0.15) is 12.5 Å². The van der Waals surface area contributed by atoms with E-state index in [2.05, 4.69) is 0 Å². The van der Waals surface area contributed by atoms with Gasteiger partial charge in [-0.3, -0.25) is 0 Å². The standard InChI is InChI=1S/C10H14ClNOS/c1-7(6-13)14-10-4-2-3-9(11)8(10)5-12/h2-4,7,13H,5-6,12H2,1H3. The van der Waals surface area contributed by atoms with Crippen molar-refractivity contribution in [2.45, 2.75) is 23.6 Å². The van der Waals surface area contributed by atoms with Gasteiger partial charge in [0.05, 0.1) is 6.61 Å². The molecule has 1 rings (SSSR count). The molecular weight excluding hydrogens is 218 g/mol. The first kappa shape index (κ1) is 11.9. The van der Waals surface area contributed by atoms with Gasteiger partial charge in [0.1, 0.15) is 0 Å². The van der Waals surface area contributed by atoms with Crippen LogP contribution in [0.5, 0.6) is 0 Å². The molecule has 3 N–H and O–H groups in total.